The van der Waals surface area contributed by atoms with Gasteiger partial charge in [-0.2, -0.15) is 4.31 Å². The number of ether oxygens (including phenoxy) is 1. The third kappa shape index (κ3) is 4.57. The number of hydrogen-bond acceptors (Lipinski definition) is 6. The van der Waals surface area contributed by atoms with Crippen LogP contribution in [0.3, 0.4) is 0 Å². The monoisotopic (exact) mass is 383 g/mol. The molecule has 1 atom stereocenters. The second-order valence-electron chi connectivity index (χ2n) is 6.09. The fourth-order valence-corrected chi connectivity index (χ4v) is 3.49. The Kier molecular flexibility index (Phi) is 6.68. The first-order valence-electron chi connectivity index (χ1n) is 8.37. The molecule has 1 unspecified atom stereocenters. The second kappa shape index (κ2) is 8.56. The molecule has 0 aliphatic carbocycles. The van der Waals surface area contributed by atoms with E-state index in [9.17, 15) is 13.2 Å². The molecule has 1 amide bonds. The average molecular weight is 383 g/mol. The van der Waals surface area contributed by atoms with Crippen LogP contribution >= 0.6 is 0 Å². The first-order valence-corrected chi connectivity index (χ1v) is 9.81. The van der Waals surface area contributed by atoms with Crippen molar-refractivity contribution in [3.05, 3.63) is 18.2 Å². The normalized spacial score (nSPS) is 13.3. The van der Waals surface area contributed by atoms with Gasteiger partial charge in [-0.05, 0) is 31.5 Å². The number of fused-ring (bicyclic) bond motifs is 1. The average Bonchev–Trinajstić information content (AvgIpc) is 3.01. The van der Waals surface area contributed by atoms with Crippen LogP contribution in [-0.2, 0) is 26.1 Å². The lowest BCUT2D eigenvalue weighted by Crippen LogP contribution is -2.41. The standard InChI is InChI=1S/C16H25N5O4S/c1-5-12(2)17-16(22)11-20(3)26(23,24)13-6-7-15-14(10-13)18-19-21(15)8-9-25-4/h6-7,10,12H,5,8-9,11H2,1-4H3,(H,17,22). The highest BCUT2D eigenvalue weighted by molar-refractivity contribution is 7.89. The molecule has 0 aliphatic heterocycles. The molecule has 1 aromatic carbocycles. The van der Waals surface area contributed by atoms with Gasteiger partial charge in [0, 0.05) is 20.2 Å². The van der Waals surface area contributed by atoms with Crippen molar-refractivity contribution in [3.8, 4) is 0 Å². The number of nitrogens with zero attached hydrogens (tertiary/aromatic N) is 4. The van der Waals surface area contributed by atoms with E-state index in [0.717, 1.165) is 16.2 Å². The zero-order valence-electron chi connectivity index (χ0n) is 15.5. The summed E-state index contributed by atoms with van der Waals surface area (Å²) in [4.78, 5) is 12.0. The highest BCUT2D eigenvalue weighted by Crippen LogP contribution is 2.20. The van der Waals surface area contributed by atoms with Gasteiger partial charge in [0.15, 0.2) is 0 Å². The predicted molar refractivity (Wildman–Crippen MR) is 97.1 cm³/mol. The number of aromatic nitrogens is 3. The summed E-state index contributed by atoms with van der Waals surface area (Å²) in [6.45, 7) is 4.57. The minimum Gasteiger partial charge on any atom is -0.383 e. The van der Waals surface area contributed by atoms with E-state index in [1.165, 1.54) is 19.2 Å². The number of nitrogens with one attached hydrogen (secondary N) is 1. The molecule has 1 aromatic heterocycles. The Bertz CT molecular complexity index is 865. The van der Waals surface area contributed by atoms with Crippen LogP contribution in [0.15, 0.2) is 23.1 Å². The summed E-state index contributed by atoms with van der Waals surface area (Å²) in [6, 6.07) is 4.61. The molecule has 144 valence electrons. The third-order valence-electron chi connectivity index (χ3n) is 4.09. The largest absolute Gasteiger partial charge is 0.383 e. The van der Waals surface area contributed by atoms with Crippen LogP contribution in [0.2, 0.25) is 0 Å². The topological polar surface area (TPSA) is 106 Å². The molecular weight excluding hydrogens is 358 g/mol. The van der Waals surface area contributed by atoms with Gasteiger partial charge in [0.25, 0.3) is 0 Å². The van der Waals surface area contributed by atoms with Crippen molar-refractivity contribution < 1.29 is 17.9 Å². The predicted octanol–water partition coefficient (Wildman–Crippen LogP) is 0.613. The van der Waals surface area contributed by atoms with Crippen LogP contribution in [0.4, 0.5) is 0 Å². The van der Waals surface area contributed by atoms with Crippen molar-refractivity contribution in [2.75, 3.05) is 27.3 Å². The Morgan fingerprint density at radius 3 is 2.81 bits per heavy atom. The Balaban J connectivity index is 2.18. The van der Waals surface area contributed by atoms with Gasteiger partial charge in [0.1, 0.15) is 5.52 Å². The van der Waals surface area contributed by atoms with Crippen molar-refractivity contribution >= 4 is 27.0 Å². The number of carbonyl (C=O) groups excluding carboxylic acids is 1. The number of rotatable bonds is 9. The maximum atomic E-state index is 12.7. The van der Waals surface area contributed by atoms with E-state index < -0.39 is 10.0 Å². The summed E-state index contributed by atoms with van der Waals surface area (Å²) in [5.74, 6) is -0.336. The molecular formula is C16H25N5O4S. The Morgan fingerprint density at radius 2 is 2.15 bits per heavy atom. The number of carbonyl (C=O) groups is 1. The molecule has 0 aliphatic rings. The van der Waals surface area contributed by atoms with Crippen LogP contribution in [0.5, 0.6) is 0 Å². The van der Waals surface area contributed by atoms with E-state index in [0.29, 0.717) is 18.7 Å². The highest BCUT2D eigenvalue weighted by Gasteiger charge is 2.24. The number of likely N-dealkylation sites (N-methyl/N-ethyl adjacent to an activating group) is 1. The van der Waals surface area contributed by atoms with Crippen molar-refractivity contribution in [3.63, 3.8) is 0 Å². The molecule has 2 aromatic rings. The number of methoxy groups -OCH3 is 1. The van der Waals surface area contributed by atoms with Crippen LogP contribution in [0.1, 0.15) is 20.3 Å². The summed E-state index contributed by atoms with van der Waals surface area (Å²) >= 11 is 0. The van der Waals surface area contributed by atoms with Crippen molar-refractivity contribution in [1.29, 1.82) is 0 Å². The molecule has 26 heavy (non-hydrogen) atoms. The summed E-state index contributed by atoms with van der Waals surface area (Å²) < 4.78 is 33.1. The molecule has 0 saturated carbocycles. The molecule has 0 spiro atoms. The summed E-state index contributed by atoms with van der Waals surface area (Å²) in [7, 11) is -0.831. The number of amides is 1. The van der Waals surface area contributed by atoms with Crippen LogP contribution < -0.4 is 5.32 Å². The summed E-state index contributed by atoms with van der Waals surface area (Å²) in [6.07, 6.45) is 0.775. The minimum atomic E-state index is -3.80. The molecule has 1 heterocycles. The van der Waals surface area contributed by atoms with Gasteiger partial charge in [-0.15, -0.1) is 5.10 Å². The lowest BCUT2D eigenvalue weighted by Gasteiger charge is -2.18. The third-order valence-corrected chi connectivity index (χ3v) is 5.89. The van der Waals surface area contributed by atoms with E-state index in [4.69, 9.17) is 4.74 Å². The molecule has 0 radical (unpaired) electrons. The Hall–Kier alpha value is -2.04. The number of sulfonamides is 1. The first kappa shape index (κ1) is 20.3. The number of benzene rings is 1. The highest BCUT2D eigenvalue weighted by atomic mass is 32.2. The van der Waals surface area contributed by atoms with Gasteiger partial charge < -0.3 is 10.1 Å². The maximum Gasteiger partial charge on any atom is 0.243 e. The molecule has 0 bridgehead atoms. The fourth-order valence-electron chi connectivity index (χ4n) is 2.35. The fraction of sp³-hybridized carbons (Fsp3) is 0.562. The Labute approximate surface area is 153 Å². The van der Waals surface area contributed by atoms with Gasteiger partial charge >= 0.3 is 0 Å². The molecule has 9 nitrogen and oxygen atoms in total. The van der Waals surface area contributed by atoms with Crippen molar-refractivity contribution in [1.82, 2.24) is 24.6 Å². The van der Waals surface area contributed by atoms with E-state index in [1.807, 2.05) is 13.8 Å². The van der Waals surface area contributed by atoms with E-state index in [2.05, 4.69) is 15.6 Å². The van der Waals surface area contributed by atoms with Crippen LogP contribution in [0, 0.1) is 0 Å². The van der Waals surface area contributed by atoms with E-state index >= 15 is 0 Å². The van der Waals surface area contributed by atoms with Gasteiger partial charge in [0.05, 0.1) is 30.1 Å². The van der Waals surface area contributed by atoms with Crippen molar-refractivity contribution in [2.24, 2.45) is 0 Å². The molecule has 2 rings (SSSR count). The quantitative estimate of drug-likeness (QED) is 0.680. The zero-order valence-corrected chi connectivity index (χ0v) is 16.3. The Morgan fingerprint density at radius 1 is 1.42 bits per heavy atom. The van der Waals surface area contributed by atoms with E-state index in [1.54, 1.807) is 17.9 Å². The van der Waals surface area contributed by atoms with Crippen molar-refractivity contribution in [2.45, 2.75) is 37.8 Å². The van der Waals surface area contributed by atoms with E-state index in [-0.39, 0.29) is 23.4 Å². The summed E-state index contributed by atoms with van der Waals surface area (Å²) in [5, 5.41) is 10.8. The smallest absolute Gasteiger partial charge is 0.243 e. The molecule has 0 saturated heterocycles. The molecule has 10 heteroatoms. The van der Waals surface area contributed by atoms with Gasteiger partial charge in [-0.3, -0.25) is 4.79 Å². The zero-order chi connectivity index (χ0) is 19.3. The molecule has 1 N–H and O–H groups in total. The lowest BCUT2D eigenvalue weighted by molar-refractivity contribution is -0.121. The minimum absolute atomic E-state index is 0.00269. The summed E-state index contributed by atoms with van der Waals surface area (Å²) in [5.41, 5.74) is 1.19. The van der Waals surface area contributed by atoms with Crippen LogP contribution in [0.25, 0.3) is 11.0 Å². The van der Waals surface area contributed by atoms with Gasteiger partial charge in [-0.25, -0.2) is 13.1 Å². The SMILES string of the molecule is CCC(C)NC(=O)CN(C)S(=O)(=O)c1ccc2c(c1)nnn2CCOC. The number of hydrogen-bond donors (Lipinski definition) is 1. The second-order valence-corrected chi connectivity index (χ2v) is 8.14. The molecule has 0 fully saturated rings. The van der Waals surface area contributed by atoms with Crippen LogP contribution in [-0.4, -0.2) is 67.0 Å². The van der Waals surface area contributed by atoms with Gasteiger partial charge in [0.2, 0.25) is 15.9 Å². The van der Waals surface area contributed by atoms with Gasteiger partial charge in [-0.1, -0.05) is 12.1 Å². The first-order chi connectivity index (χ1) is 12.3. The maximum absolute atomic E-state index is 12.7. The lowest BCUT2D eigenvalue weighted by atomic mass is 10.2.